The smallest absolute Gasteiger partial charge is 0.270 e. The van der Waals surface area contributed by atoms with Crippen LogP contribution < -0.4 is 4.74 Å². The zero-order chi connectivity index (χ0) is 15.0. The maximum absolute atomic E-state index is 10.9. The maximum Gasteiger partial charge on any atom is 0.270 e. The Morgan fingerprint density at radius 3 is 2.67 bits per heavy atom. The number of nitro groups is 1. The summed E-state index contributed by atoms with van der Waals surface area (Å²) in [6, 6.07) is 4.79. The first-order valence-corrected chi connectivity index (χ1v) is 7.45. The highest BCUT2D eigenvalue weighted by Gasteiger charge is 2.43. The van der Waals surface area contributed by atoms with E-state index in [0.29, 0.717) is 5.92 Å². The molecule has 2 heterocycles. The summed E-state index contributed by atoms with van der Waals surface area (Å²) in [5.41, 5.74) is 0.444. The molecule has 1 fully saturated rings. The highest BCUT2D eigenvalue weighted by atomic mass is 16.6. The lowest BCUT2D eigenvalue weighted by molar-refractivity contribution is -0.384. The minimum Gasteiger partial charge on any atom is -0.468 e. The van der Waals surface area contributed by atoms with Crippen LogP contribution in [0, 0.1) is 16.0 Å². The Hall–Kier alpha value is -1.88. The number of nitrogens with zero attached hydrogens (tertiary/aromatic N) is 2. The Morgan fingerprint density at radius 1 is 1.33 bits per heavy atom. The Kier molecular flexibility index (Phi) is 3.45. The van der Waals surface area contributed by atoms with Gasteiger partial charge in [-0.15, -0.1) is 0 Å². The molecule has 1 saturated heterocycles. The summed E-state index contributed by atoms with van der Waals surface area (Å²) in [4.78, 5) is 12.9. The molecule has 0 aliphatic carbocycles. The summed E-state index contributed by atoms with van der Waals surface area (Å²) in [6.45, 7) is 6.37. The zero-order valence-electron chi connectivity index (χ0n) is 12.4. The average molecular weight is 288 g/mol. The fourth-order valence-corrected chi connectivity index (χ4v) is 3.20. The van der Waals surface area contributed by atoms with Crippen LogP contribution in [0.1, 0.15) is 32.3 Å². The van der Waals surface area contributed by atoms with Gasteiger partial charge in [-0.25, -0.2) is 0 Å². The number of benzene rings is 1. The summed E-state index contributed by atoms with van der Waals surface area (Å²) >= 11 is 0. The molecule has 0 bridgehead atoms. The minimum atomic E-state index is -0.431. The van der Waals surface area contributed by atoms with Crippen molar-refractivity contribution in [2.75, 3.05) is 13.1 Å². The molecule has 1 unspecified atom stereocenters. The predicted octanol–water partition coefficient (Wildman–Crippen LogP) is 3.45. The van der Waals surface area contributed by atoms with Gasteiger partial charge in [0.25, 0.3) is 5.69 Å². The van der Waals surface area contributed by atoms with Crippen molar-refractivity contribution in [2.45, 2.75) is 32.4 Å². The SMILES string of the molecule is CC(C)C1(N2CCCC2)C=Cc2cc([N+](=O)[O-])ccc2O1. The van der Waals surface area contributed by atoms with E-state index < -0.39 is 5.72 Å². The van der Waals surface area contributed by atoms with Crippen molar-refractivity contribution in [3.63, 3.8) is 0 Å². The third kappa shape index (κ3) is 2.31. The molecular weight excluding hydrogens is 268 g/mol. The Bertz CT molecular complexity index is 591. The quantitative estimate of drug-likeness (QED) is 0.631. The lowest BCUT2D eigenvalue weighted by atomic mass is 9.93. The summed E-state index contributed by atoms with van der Waals surface area (Å²) < 4.78 is 6.32. The molecule has 2 aliphatic heterocycles. The molecule has 21 heavy (non-hydrogen) atoms. The standard InChI is InChI=1S/C16H20N2O3/c1-12(2)16(17-9-3-4-10-17)8-7-13-11-14(18(19)20)5-6-15(13)21-16/h5-8,11-12H,3-4,9-10H2,1-2H3. The van der Waals surface area contributed by atoms with Gasteiger partial charge in [0.1, 0.15) is 5.75 Å². The van der Waals surface area contributed by atoms with Crippen LogP contribution in [0.4, 0.5) is 5.69 Å². The molecule has 0 N–H and O–H groups in total. The van der Waals surface area contributed by atoms with E-state index in [1.165, 1.54) is 18.9 Å². The monoisotopic (exact) mass is 288 g/mol. The van der Waals surface area contributed by atoms with E-state index in [2.05, 4.69) is 24.8 Å². The van der Waals surface area contributed by atoms with Crippen molar-refractivity contribution < 1.29 is 9.66 Å². The second-order valence-electron chi connectivity index (χ2n) is 6.02. The molecule has 5 heteroatoms. The molecule has 0 spiro atoms. The van der Waals surface area contributed by atoms with Gasteiger partial charge in [-0.3, -0.25) is 15.0 Å². The van der Waals surface area contributed by atoms with Crippen LogP contribution in [0.2, 0.25) is 0 Å². The van der Waals surface area contributed by atoms with Crippen molar-refractivity contribution in [3.05, 3.63) is 40.0 Å². The lowest BCUT2D eigenvalue weighted by Gasteiger charge is -2.44. The predicted molar refractivity (Wildman–Crippen MR) is 81.1 cm³/mol. The summed E-state index contributed by atoms with van der Waals surface area (Å²) in [6.07, 6.45) is 6.41. The first kappa shape index (κ1) is 14.1. The molecule has 1 aromatic rings. The highest BCUT2D eigenvalue weighted by molar-refractivity contribution is 5.64. The minimum absolute atomic E-state index is 0.0974. The van der Waals surface area contributed by atoms with E-state index >= 15 is 0 Å². The number of non-ortho nitro benzene ring substituents is 1. The number of hydrogen-bond acceptors (Lipinski definition) is 4. The van der Waals surface area contributed by atoms with Crippen LogP contribution >= 0.6 is 0 Å². The molecule has 112 valence electrons. The third-order valence-electron chi connectivity index (χ3n) is 4.41. The topological polar surface area (TPSA) is 55.6 Å². The van der Waals surface area contributed by atoms with Crippen LogP contribution in [-0.4, -0.2) is 28.6 Å². The van der Waals surface area contributed by atoms with Crippen LogP contribution in [-0.2, 0) is 0 Å². The molecule has 0 radical (unpaired) electrons. The first-order chi connectivity index (χ1) is 10.0. The van der Waals surface area contributed by atoms with E-state index in [4.69, 9.17) is 4.74 Å². The van der Waals surface area contributed by atoms with Gasteiger partial charge in [0.15, 0.2) is 5.72 Å². The lowest BCUT2D eigenvalue weighted by Crippen LogP contribution is -2.55. The molecular formula is C16H20N2O3. The summed E-state index contributed by atoms with van der Waals surface area (Å²) in [5.74, 6) is 1.03. The maximum atomic E-state index is 10.9. The molecule has 0 saturated carbocycles. The van der Waals surface area contributed by atoms with Gasteiger partial charge in [-0.2, -0.15) is 0 Å². The van der Waals surface area contributed by atoms with Crippen LogP contribution in [0.15, 0.2) is 24.3 Å². The zero-order valence-corrected chi connectivity index (χ0v) is 12.4. The Balaban J connectivity index is 1.98. The van der Waals surface area contributed by atoms with E-state index in [9.17, 15) is 10.1 Å². The fraction of sp³-hybridized carbons (Fsp3) is 0.500. The normalized spacial score (nSPS) is 24.9. The average Bonchev–Trinajstić information content (AvgIpc) is 3.00. The number of rotatable bonds is 3. The summed E-state index contributed by atoms with van der Waals surface area (Å²) in [7, 11) is 0. The molecule has 0 aromatic heterocycles. The van der Waals surface area contributed by atoms with Gasteiger partial charge in [-0.1, -0.05) is 13.8 Å². The second kappa shape index (κ2) is 5.15. The molecule has 0 amide bonds. The Morgan fingerprint density at radius 2 is 2.05 bits per heavy atom. The highest BCUT2D eigenvalue weighted by Crippen LogP contribution is 2.40. The van der Waals surface area contributed by atoms with Gasteiger partial charge >= 0.3 is 0 Å². The van der Waals surface area contributed by atoms with Crippen molar-refractivity contribution in [2.24, 2.45) is 5.92 Å². The van der Waals surface area contributed by atoms with Crippen LogP contribution in [0.5, 0.6) is 5.75 Å². The van der Waals surface area contributed by atoms with Crippen molar-refractivity contribution >= 4 is 11.8 Å². The van der Waals surface area contributed by atoms with Gasteiger partial charge < -0.3 is 4.74 Å². The Labute approximate surface area is 124 Å². The van der Waals surface area contributed by atoms with Gasteiger partial charge in [0.2, 0.25) is 0 Å². The van der Waals surface area contributed by atoms with Crippen molar-refractivity contribution in [1.82, 2.24) is 4.90 Å². The van der Waals surface area contributed by atoms with Crippen molar-refractivity contribution in [3.8, 4) is 5.75 Å². The van der Waals surface area contributed by atoms with E-state index in [1.54, 1.807) is 12.1 Å². The largest absolute Gasteiger partial charge is 0.468 e. The number of nitro benzene ring substituents is 1. The molecule has 1 aromatic carbocycles. The van der Waals surface area contributed by atoms with Crippen LogP contribution in [0.25, 0.3) is 6.08 Å². The molecule has 1 atom stereocenters. The van der Waals surface area contributed by atoms with E-state index in [-0.39, 0.29) is 10.6 Å². The number of ether oxygens (including phenoxy) is 1. The third-order valence-corrected chi connectivity index (χ3v) is 4.41. The molecule has 2 aliphatic rings. The molecule has 3 rings (SSSR count). The van der Waals surface area contributed by atoms with E-state index in [1.807, 2.05) is 6.08 Å². The van der Waals surface area contributed by atoms with Gasteiger partial charge in [0.05, 0.1) is 4.92 Å². The fourth-order valence-electron chi connectivity index (χ4n) is 3.20. The number of fused-ring (bicyclic) bond motifs is 1. The first-order valence-electron chi connectivity index (χ1n) is 7.45. The molecule has 5 nitrogen and oxygen atoms in total. The summed E-state index contributed by atoms with van der Waals surface area (Å²) in [5, 5.41) is 10.9. The van der Waals surface area contributed by atoms with Crippen LogP contribution in [0.3, 0.4) is 0 Å². The number of hydrogen-bond donors (Lipinski definition) is 0. The van der Waals surface area contributed by atoms with Gasteiger partial charge in [-0.05, 0) is 31.1 Å². The number of likely N-dealkylation sites (tertiary alicyclic amines) is 1. The van der Waals surface area contributed by atoms with Gasteiger partial charge in [0, 0.05) is 36.7 Å². The second-order valence-corrected chi connectivity index (χ2v) is 6.02. The van der Waals surface area contributed by atoms with E-state index in [0.717, 1.165) is 24.4 Å². The van der Waals surface area contributed by atoms with Crippen molar-refractivity contribution in [1.29, 1.82) is 0 Å².